The minimum absolute atomic E-state index is 0.00109. The molecule has 1 aromatic carbocycles. The summed E-state index contributed by atoms with van der Waals surface area (Å²) >= 11 is 0. The second-order valence-electron chi connectivity index (χ2n) is 5.85. The highest BCUT2D eigenvalue weighted by molar-refractivity contribution is 5.78. The van der Waals surface area contributed by atoms with Crippen molar-refractivity contribution < 1.29 is 9.53 Å². The van der Waals surface area contributed by atoms with Gasteiger partial charge < -0.3 is 15.0 Å². The summed E-state index contributed by atoms with van der Waals surface area (Å²) in [6.07, 6.45) is 4.16. The van der Waals surface area contributed by atoms with Crippen molar-refractivity contribution in [1.29, 1.82) is 0 Å². The molecule has 1 N–H and O–H groups in total. The summed E-state index contributed by atoms with van der Waals surface area (Å²) in [5, 5.41) is 2.91. The van der Waals surface area contributed by atoms with E-state index in [1.165, 1.54) is 0 Å². The van der Waals surface area contributed by atoms with Gasteiger partial charge in [0.25, 0.3) is 0 Å². The number of aromatic nitrogens is 2. The number of rotatable bonds is 5. The zero-order chi connectivity index (χ0) is 16.2. The van der Waals surface area contributed by atoms with Crippen LogP contribution in [0.5, 0.6) is 5.75 Å². The lowest BCUT2D eigenvalue weighted by molar-refractivity contribution is -0.122. The molecule has 1 aliphatic heterocycles. The van der Waals surface area contributed by atoms with Gasteiger partial charge in [-0.3, -0.25) is 4.79 Å². The number of carbonyl (C=O) groups is 1. The van der Waals surface area contributed by atoms with Gasteiger partial charge in [-0.05, 0) is 31.8 Å². The van der Waals surface area contributed by atoms with E-state index in [-0.39, 0.29) is 12.0 Å². The smallest absolute Gasteiger partial charge is 0.234 e. The van der Waals surface area contributed by atoms with Gasteiger partial charge in [0.15, 0.2) is 5.82 Å². The predicted octanol–water partition coefficient (Wildman–Crippen LogP) is 1.12. The number of nitrogens with one attached hydrogen (secondary N) is 1. The summed E-state index contributed by atoms with van der Waals surface area (Å²) in [5.74, 6) is 1.48. The van der Waals surface area contributed by atoms with Crippen LogP contribution >= 0.6 is 0 Å². The molecular weight excluding hydrogens is 292 g/mol. The highest BCUT2D eigenvalue weighted by atomic mass is 16.5. The Morgan fingerprint density at radius 3 is 2.83 bits per heavy atom. The van der Waals surface area contributed by atoms with Crippen LogP contribution < -0.4 is 10.1 Å². The lowest BCUT2D eigenvalue weighted by Crippen LogP contribution is -2.39. The van der Waals surface area contributed by atoms with Crippen LogP contribution in [-0.4, -0.2) is 54.1 Å². The van der Waals surface area contributed by atoms with Gasteiger partial charge in [-0.25, -0.2) is 9.97 Å². The van der Waals surface area contributed by atoms with Crippen molar-refractivity contribution in [2.75, 3.05) is 27.2 Å². The van der Waals surface area contributed by atoms with Gasteiger partial charge in [-0.2, -0.15) is 0 Å². The number of fused-ring (bicyclic) bond motifs is 1. The summed E-state index contributed by atoms with van der Waals surface area (Å²) in [5.41, 5.74) is 2.02. The molecule has 2 aromatic rings. The zero-order valence-electron chi connectivity index (χ0n) is 13.3. The summed E-state index contributed by atoms with van der Waals surface area (Å²) in [6.45, 7) is 0.874. The van der Waals surface area contributed by atoms with Gasteiger partial charge in [0.2, 0.25) is 5.91 Å². The average Bonchev–Trinajstić information content (AvgIpc) is 2.96. The van der Waals surface area contributed by atoms with Crippen molar-refractivity contribution in [3.8, 4) is 17.1 Å². The van der Waals surface area contributed by atoms with Gasteiger partial charge in [0, 0.05) is 18.8 Å². The first-order valence-electron chi connectivity index (χ1n) is 7.61. The van der Waals surface area contributed by atoms with E-state index in [4.69, 9.17) is 4.74 Å². The molecule has 0 fully saturated rings. The topological polar surface area (TPSA) is 67.4 Å². The molecule has 6 heteroatoms. The molecule has 0 spiro atoms. The fourth-order valence-corrected chi connectivity index (χ4v) is 2.64. The van der Waals surface area contributed by atoms with Crippen LogP contribution in [0.4, 0.5) is 0 Å². The first kappa shape index (κ1) is 15.4. The van der Waals surface area contributed by atoms with Crippen molar-refractivity contribution in [2.24, 2.45) is 0 Å². The van der Waals surface area contributed by atoms with E-state index < -0.39 is 0 Å². The molecule has 120 valence electrons. The molecule has 1 amide bonds. The van der Waals surface area contributed by atoms with E-state index in [1.807, 2.05) is 37.2 Å². The minimum Gasteiger partial charge on any atom is -0.487 e. The fraction of sp³-hybridized carbons (Fsp3) is 0.353. The molecule has 1 unspecified atom stereocenters. The Morgan fingerprint density at radius 1 is 1.30 bits per heavy atom. The van der Waals surface area contributed by atoms with E-state index >= 15 is 0 Å². The molecular formula is C17H20N4O2. The maximum absolute atomic E-state index is 11.7. The van der Waals surface area contributed by atoms with Gasteiger partial charge in [0.1, 0.15) is 11.9 Å². The molecule has 0 saturated carbocycles. The summed E-state index contributed by atoms with van der Waals surface area (Å²) in [4.78, 5) is 22.2. The second kappa shape index (κ2) is 6.75. The van der Waals surface area contributed by atoms with E-state index in [0.717, 1.165) is 23.3 Å². The van der Waals surface area contributed by atoms with Gasteiger partial charge in [0.05, 0.1) is 18.7 Å². The average molecular weight is 312 g/mol. The molecule has 0 aliphatic carbocycles. The standard InChI is InChI=1S/C17H20N4O2/c1-21(2)11-15(22)20-10-13-9-12-5-3-6-14(16(12)23-13)17-18-7-4-8-19-17/h3-8,13H,9-11H2,1-2H3,(H,20,22). The van der Waals surface area contributed by atoms with E-state index in [2.05, 4.69) is 15.3 Å². The lowest BCUT2D eigenvalue weighted by atomic mass is 10.1. The molecule has 3 rings (SSSR count). The number of benzene rings is 1. The predicted molar refractivity (Wildman–Crippen MR) is 87.2 cm³/mol. The Hall–Kier alpha value is -2.47. The quantitative estimate of drug-likeness (QED) is 0.896. The lowest BCUT2D eigenvalue weighted by Gasteiger charge is -2.14. The van der Waals surface area contributed by atoms with Crippen molar-refractivity contribution >= 4 is 5.91 Å². The third kappa shape index (κ3) is 3.65. The van der Waals surface area contributed by atoms with Crippen molar-refractivity contribution in [2.45, 2.75) is 12.5 Å². The van der Waals surface area contributed by atoms with Crippen LogP contribution in [0, 0.1) is 0 Å². The summed E-state index contributed by atoms with van der Waals surface area (Å²) in [6, 6.07) is 7.78. The number of nitrogens with zero attached hydrogens (tertiary/aromatic N) is 3. The minimum atomic E-state index is -0.0547. The highest BCUT2D eigenvalue weighted by Gasteiger charge is 2.26. The number of hydrogen-bond acceptors (Lipinski definition) is 5. The number of para-hydroxylation sites is 1. The molecule has 0 radical (unpaired) electrons. The van der Waals surface area contributed by atoms with E-state index in [1.54, 1.807) is 18.5 Å². The molecule has 1 aromatic heterocycles. The SMILES string of the molecule is CN(C)CC(=O)NCC1Cc2cccc(-c3ncccn3)c2O1. The maximum Gasteiger partial charge on any atom is 0.234 e. The fourth-order valence-electron chi connectivity index (χ4n) is 2.64. The van der Waals surface area contributed by atoms with Crippen LogP contribution in [-0.2, 0) is 11.2 Å². The number of likely N-dealkylation sites (N-methyl/N-ethyl adjacent to an activating group) is 1. The molecule has 1 atom stereocenters. The summed E-state index contributed by atoms with van der Waals surface area (Å²) in [7, 11) is 3.74. The van der Waals surface area contributed by atoms with E-state index in [0.29, 0.717) is 18.9 Å². The molecule has 0 bridgehead atoms. The van der Waals surface area contributed by atoms with Gasteiger partial charge >= 0.3 is 0 Å². The van der Waals surface area contributed by atoms with Crippen LogP contribution in [0.2, 0.25) is 0 Å². The van der Waals surface area contributed by atoms with E-state index in [9.17, 15) is 4.79 Å². The van der Waals surface area contributed by atoms with Crippen LogP contribution in [0.1, 0.15) is 5.56 Å². The van der Waals surface area contributed by atoms with Gasteiger partial charge in [-0.15, -0.1) is 0 Å². The largest absolute Gasteiger partial charge is 0.487 e. The molecule has 0 saturated heterocycles. The first-order valence-corrected chi connectivity index (χ1v) is 7.61. The van der Waals surface area contributed by atoms with Crippen LogP contribution in [0.3, 0.4) is 0 Å². The first-order chi connectivity index (χ1) is 11.1. The van der Waals surface area contributed by atoms with Crippen LogP contribution in [0.15, 0.2) is 36.7 Å². The summed E-state index contributed by atoms with van der Waals surface area (Å²) < 4.78 is 6.04. The maximum atomic E-state index is 11.7. The Morgan fingerprint density at radius 2 is 2.09 bits per heavy atom. The Balaban J connectivity index is 1.68. The molecule has 6 nitrogen and oxygen atoms in total. The number of hydrogen-bond donors (Lipinski definition) is 1. The normalized spacial score (nSPS) is 16.0. The second-order valence-corrected chi connectivity index (χ2v) is 5.85. The number of ether oxygens (including phenoxy) is 1. The molecule has 23 heavy (non-hydrogen) atoms. The van der Waals surface area contributed by atoms with Crippen molar-refractivity contribution in [3.63, 3.8) is 0 Å². The number of carbonyl (C=O) groups excluding carboxylic acids is 1. The van der Waals surface area contributed by atoms with Crippen LogP contribution in [0.25, 0.3) is 11.4 Å². The number of amides is 1. The van der Waals surface area contributed by atoms with Crippen molar-refractivity contribution in [3.05, 3.63) is 42.2 Å². The highest BCUT2D eigenvalue weighted by Crippen LogP contribution is 2.37. The monoisotopic (exact) mass is 312 g/mol. The zero-order valence-corrected chi connectivity index (χ0v) is 13.3. The Kier molecular flexibility index (Phi) is 4.52. The third-order valence-corrected chi connectivity index (χ3v) is 3.62. The molecule has 1 aliphatic rings. The van der Waals surface area contributed by atoms with Crippen molar-refractivity contribution in [1.82, 2.24) is 20.2 Å². The Bertz CT molecular complexity index is 688. The van der Waals surface area contributed by atoms with Gasteiger partial charge in [-0.1, -0.05) is 12.1 Å². The third-order valence-electron chi connectivity index (χ3n) is 3.62. The molecule has 2 heterocycles. The Labute approximate surface area is 135 Å².